The number of aryl methyl sites for hydroxylation is 1. The molecule has 0 radical (unpaired) electrons. The highest BCUT2D eigenvalue weighted by molar-refractivity contribution is 7.18. The summed E-state index contributed by atoms with van der Waals surface area (Å²) >= 11 is 1.06. The number of halogens is 1. The molecule has 2 aromatic carbocycles. The number of amides is 1. The molecular weight excluding hydrogens is 447 g/mol. The van der Waals surface area contributed by atoms with Crippen molar-refractivity contribution >= 4 is 28.3 Å². The number of aromatic nitrogens is 3. The fourth-order valence-corrected chi connectivity index (χ4v) is 3.87. The number of nitrogens with one attached hydrogen (secondary N) is 1. The maximum absolute atomic E-state index is 13.1. The lowest BCUT2D eigenvalue weighted by molar-refractivity contribution is -0.116. The predicted octanol–water partition coefficient (Wildman–Crippen LogP) is 4.75. The normalized spacial score (nSPS) is 10.7. The Morgan fingerprint density at radius 2 is 1.82 bits per heavy atom. The second kappa shape index (κ2) is 10.1. The Balaban J connectivity index is 1.42. The van der Waals surface area contributed by atoms with E-state index in [1.807, 2.05) is 30.3 Å². The Labute approximate surface area is 192 Å². The Kier molecular flexibility index (Phi) is 6.84. The second-order valence-electron chi connectivity index (χ2n) is 6.85. The molecule has 1 N–H and O–H groups in total. The molecule has 1 amide bonds. The van der Waals surface area contributed by atoms with Gasteiger partial charge in [-0.05, 0) is 31.2 Å². The summed E-state index contributed by atoms with van der Waals surface area (Å²) in [6.45, 7) is 1.96. The van der Waals surface area contributed by atoms with Gasteiger partial charge in [-0.15, -0.1) is 0 Å². The summed E-state index contributed by atoms with van der Waals surface area (Å²) in [5.74, 6) is -0.575. The zero-order chi connectivity index (χ0) is 23.2. The number of esters is 1. The van der Waals surface area contributed by atoms with Gasteiger partial charge in [-0.1, -0.05) is 46.8 Å². The molecule has 2 aromatic heterocycles. The first kappa shape index (κ1) is 22.3. The van der Waals surface area contributed by atoms with Crippen LogP contribution in [-0.2, 0) is 16.0 Å². The maximum atomic E-state index is 13.1. The van der Waals surface area contributed by atoms with Crippen LogP contribution in [0.4, 0.5) is 9.52 Å². The lowest BCUT2D eigenvalue weighted by atomic mass is 10.1. The molecule has 0 aliphatic carbocycles. The highest BCUT2D eigenvalue weighted by Crippen LogP contribution is 2.32. The van der Waals surface area contributed by atoms with E-state index >= 15 is 0 Å². The van der Waals surface area contributed by atoms with Gasteiger partial charge in [0.05, 0.1) is 12.3 Å². The van der Waals surface area contributed by atoms with Crippen LogP contribution in [0, 0.1) is 5.82 Å². The largest absolute Gasteiger partial charge is 0.462 e. The number of carbonyl (C=O) groups excluding carboxylic acids is 2. The highest BCUT2D eigenvalue weighted by Gasteiger charge is 2.21. The van der Waals surface area contributed by atoms with Gasteiger partial charge in [-0.2, -0.15) is 4.98 Å². The molecule has 0 saturated carbocycles. The molecule has 0 aliphatic rings. The van der Waals surface area contributed by atoms with Gasteiger partial charge in [0.25, 0.3) is 0 Å². The third kappa shape index (κ3) is 5.47. The minimum absolute atomic E-state index is 0.0695. The summed E-state index contributed by atoms with van der Waals surface area (Å²) in [5.41, 5.74) is 1.81. The van der Waals surface area contributed by atoms with Gasteiger partial charge in [-0.3, -0.25) is 4.79 Å². The van der Waals surface area contributed by atoms with Crippen LogP contribution in [0.2, 0.25) is 0 Å². The summed E-state index contributed by atoms with van der Waals surface area (Å²) in [6, 6.07) is 14.9. The van der Waals surface area contributed by atoms with Crippen molar-refractivity contribution in [3.63, 3.8) is 0 Å². The van der Waals surface area contributed by atoms with Gasteiger partial charge in [-0.25, -0.2) is 14.2 Å². The van der Waals surface area contributed by atoms with E-state index < -0.39 is 5.97 Å². The number of nitrogens with zero attached hydrogens (tertiary/aromatic N) is 3. The van der Waals surface area contributed by atoms with Crippen molar-refractivity contribution in [2.75, 3.05) is 11.9 Å². The van der Waals surface area contributed by atoms with E-state index in [0.29, 0.717) is 27.1 Å². The molecule has 2 heterocycles. The number of carbonyl (C=O) groups is 2. The summed E-state index contributed by atoms with van der Waals surface area (Å²) < 4.78 is 23.4. The summed E-state index contributed by atoms with van der Waals surface area (Å²) in [5, 5.41) is 6.87. The Morgan fingerprint density at radius 3 is 2.55 bits per heavy atom. The van der Waals surface area contributed by atoms with Crippen molar-refractivity contribution in [2.45, 2.75) is 19.8 Å². The molecule has 10 heteroatoms. The van der Waals surface area contributed by atoms with Crippen LogP contribution in [0.5, 0.6) is 0 Å². The standard InChI is InChI=1S/C23H19FN4O4S/c1-2-31-22(30)20-19(14-6-4-3-5-7-14)27-23(33-20)25-17(29)12-13-18-26-21(28-32-18)15-8-10-16(24)11-9-15/h3-11H,2,12-13H2,1H3,(H,25,27,29). The number of thiazole rings is 1. The van der Waals surface area contributed by atoms with Gasteiger partial charge in [0.2, 0.25) is 17.6 Å². The zero-order valence-corrected chi connectivity index (χ0v) is 18.4. The van der Waals surface area contributed by atoms with Crippen LogP contribution in [0.1, 0.15) is 28.9 Å². The minimum atomic E-state index is -0.492. The van der Waals surface area contributed by atoms with E-state index in [-0.39, 0.29) is 37.1 Å². The fraction of sp³-hybridized carbons (Fsp3) is 0.174. The van der Waals surface area contributed by atoms with Crippen LogP contribution in [0.25, 0.3) is 22.6 Å². The maximum Gasteiger partial charge on any atom is 0.350 e. The molecule has 4 rings (SSSR count). The Morgan fingerprint density at radius 1 is 1.06 bits per heavy atom. The molecule has 0 atom stereocenters. The number of hydrogen-bond donors (Lipinski definition) is 1. The average molecular weight is 466 g/mol. The van der Waals surface area contributed by atoms with Crippen LogP contribution in [0.3, 0.4) is 0 Å². The van der Waals surface area contributed by atoms with E-state index in [1.165, 1.54) is 12.1 Å². The Hall–Kier alpha value is -3.92. The van der Waals surface area contributed by atoms with E-state index in [4.69, 9.17) is 9.26 Å². The predicted molar refractivity (Wildman–Crippen MR) is 120 cm³/mol. The number of rotatable bonds is 8. The van der Waals surface area contributed by atoms with Crippen molar-refractivity contribution in [2.24, 2.45) is 0 Å². The zero-order valence-electron chi connectivity index (χ0n) is 17.6. The van der Waals surface area contributed by atoms with Gasteiger partial charge in [0.15, 0.2) is 5.13 Å². The first-order chi connectivity index (χ1) is 16.0. The SMILES string of the molecule is CCOC(=O)c1sc(NC(=O)CCc2nc(-c3ccc(F)cc3)no2)nc1-c1ccccc1. The number of benzene rings is 2. The summed E-state index contributed by atoms with van der Waals surface area (Å²) in [6.07, 6.45) is 0.279. The van der Waals surface area contributed by atoms with Gasteiger partial charge < -0.3 is 14.6 Å². The monoisotopic (exact) mass is 466 g/mol. The van der Waals surface area contributed by atoms with E-state index in [0.717, 1.165) is 16.9 Å². The van der Waals surface area contributed by atoms with Crippen molar-refractivity contribution in [1.29, 1.82) is 0 Å². The van der Waals surface area contributed by atoms with Gasteiger partial charge >= 0.3 is 5.97 Å². The van der Waals surface area contributed by atoms with Gasteiger partial charge in [0, 0.05) is 24.0 Å². The third-order valence-electron chi connectivity index (χ3n) is 4.52. The molecule has 168 valence electrons. The van der Waals surface area contributed by atoms with E-state index in [9.17, 15) is 14.0 Å². The third-order valence-corrected chi connectivity index (χ3v) is 5.47. The smallest absolute Gasteiger partial charge is 0.350 e. The van der Waals surface area contributed by atoms with Crippen LogP contribution in [-0.4, -0.2) is 33.6 Å². The number of anilines is 1. The second-order valence-corrected chi connectivity index (χ2v) is 7.85. The van der Waals surface area contributed by atoms with Crippen LogP contribution >= 0.6 is 11.3 Å². The Bertz CT molecular complexity index is 1260. The number of ether oxygens (including phenoxy) is 1. The number of hydrogen-bond acceptors (Lipinski definition) is 8. The fourth-order valence-electron chi connectivity index (χ4n) is 2.98. The summed E-state index contributed by atoms with van der Waals surface area (Å²) in [7, 11) is 0. The molecule has 8 nitrogen and oxygen atoms in total. The average Bonchev–Trinajstić information content (AvgIpc) is 3.46. The van der Waals surface area contributed by atoms with E-state index in [2.05, 4.69) is 20.4 Å². The van der Waals surface area contributed by atoms with Crippen molar-refractivity contribution < 1.29 is 23.2 Å². The molecule has 33 heavy (non-hydrogen) atoms. The molecule has 0 bridgehead atoms. The molecule has 4 aromatic rings. The molecule has 0 unspecified atom stereocenters. The van der Waals surface area contributed by atoms with Crippen molar-refractivity contribution in [3.05, 3.63) is 71.2 Å². The van der Waals surface area contributed by atoms with Crippen molar-refractivity contribution in [1.82, 2.24) is 15.1 Å². The molecule has 0 saturated heterocycles. The minimum Gasteiger partial charge on any atom is -0.462 e. The molecular formula is C23H19FN4O4S. The van der Waals surface area contributed by atoms with E-state index in [1.54, 1.807) is 19.1 Å². The topological polar surface area (TPSA) is 107 Å². The molecule has 0 aliphatic heterocycles. The van der Waals surface area contributed by atoms with Gasteiger partial charge in [0.1, 0.15) is 10.7 Å². The lowest BCUT2D eigenvalue weighted by Gasteiger charge is -2.01. The first-order valence-corrected chi connectivity index (χ1v) is 11.0. The highest BCUT2D eigenvalue weighted by atomic mass is 32.1. The first-order valence-electron chi connectivity index (χ1n) is 10.1. The molecule has 0 spiro atoms. The van der Waals surface area contributed by atoms with Crippen LogP contribution < -0.4 is 5.32 Å². The lowest BCUT2D eigenvalue weighted by Crippen LogP contribution is -2.12. The quantitative estimate of drug-likeness (QED) is 0.374. The van der Waals surface area contributed by atoms with Crippen LogP contribution in [0.15, 0.2) is 59.1 Å². The molecule has 0 fully saturated rings. The summed E-state index contributed by atoms with van der Waals surface area (Å²) in [4.78, 5) is 33.8. The van der Waals surface area contributed by atoms with Crippen molar-refractivity contribution in [3.8, 4) is 22.6 Å².